The number of rotatable bonds is 11. The fraction of sp³-hybridized carbons (Fsp3) is 0.516. The number of piperidine rings is 1. The van der Waals surface area contributed by atoms with Gasteiger partial charge in [-0.3, -0.25) is 14.7 Å². The molecule has 0 saturated carbocycles. The van der Waals surface area contributed by atoms with Gasteiger partial charge in [0, 0.05) is 37.8 Å². The second kappa shape index (κ2) is 13.3. The zero-order valence-electron chi connectivity index (χ0n) is 25.3. The highest BCUT2D eigenvalue weighted by Gasteiger charge is 2.47. The Balaban J connectivity index is 1.35. The number of amidine groups is 1. The average molecular weight is 636 g/mol. The van der Waals surface area contributed by atoms with E-state index in [1.807, 2.05) is 50.2 Å². The van der Waals surface area contributed by atoms with Crippen molar-refractivity contribution in [2.45, 2.75) is 76.9 Å². The van der Waals surface area contributed by atoms with Crippen molar-refractivity contribution in [2.24, 2.45) is 10.7 Å². The van der Waals surface area contributed by atoms with Gasteiger partial charge in [-0.1, -0.05) is 24.6 Å². The van der Waals surface area contributed by atoms with Gasteiger partial charge >= 0.3 is 12.2 Å². The smallest absolute Gasteiger partial charge is 0.351 e. The summed E-state index contributed by atoms with van der Waals surface area (Å²) in [6, 6.07) is 10.5. The summed E-state index contributed by atoms with van der Waals surface area (Å²) in [5.41, 5.74) is 9.29. The number of nitrogens with two attached hydrogens (primary N) is 1. The fourth-order valence-electron chi connectivity index (χ4n) is 5.88. The third-order valence-corrected chi connectivity index (χ3v) is 10.4. The molecule has 0 aliphatic carbocycles. The summed E-state index contributed by atoms with van der Waals surface area (Å²) in [6.07, 6.45) is -2.26. The van der Waals surface area contributed by atoms with Crippen molar-refractivity contribution in [3.8, 4) is 0 Å². The molecule has 0 radical (unpaired) electrons. The summed E-state index contributed by atoms with van der Waals surface area (Å²) in [6.45, 7) is 4.09. The molecule has 9 nitrogen and oxygen atoms in total. The minimum atomic E-state index is -4.13. The predicted octanol–water partition coefficient (Wildman–Crippen LogP) is 4.77. The highest BCUT2D eigenvalue weighted by Crippen LogP contribution is 2.33. The first-order chi connectivity index (χ1) is 20.6. The fourth-order valence-corrected chi connectivity index (χ4v) is 7.34. The van der Waals surface area contributed by atoms with Crippen LogP contribution in [-0.2, 0) is 27.7 Å². The van der Waals surface area contributed by atoms with Gasteiger partial charge in [0.05, 0.1) is 5.75 Å². The molecule has 44 heavy (non-hydrogen) atoms. The van der Waals surface area contributed by atoms with Crippen LogP contribution in [-0.4, -0.2) is 68.1 Å². The second-order valence-electron chi connectivity index (χ2n) is 11.7. The molecule has 2 heterocycles. The van der Waals surface area contributed by atoms with Gasteiger partial charge in [-0.05, 0) is 92.8 Å². The van der Waals surface area contributed by atoms with Crippen LogP contribution in [0.4, 0.5) is 23.7 Å². The van der Waals surface area contributed by atoms with E-state index in [2.05, 4.69) is 5.32 Å². The van der Waals surface area contributed by atoms with Crippen molar-refractivity contribution in [3.05, 3.63) is 64.2 Å². The van der Waals surface area contributed by atoms with Crippen LogP contribution >= 0.6 is 0 Å². The Morgan fingerprint density at radius 3 is 2.34 bits per heavy atom. The molecule has 0 aromatic heterocycles. The summed E-state index contributed by atoms with van der Waals surface area (Å²) in [4.78, 5) is 30.7. The van der Waals surface area contributed by atoms with Crippen molar-refractivity contribution in [1.29, 1.82) is 0 Å². The molecular formula is C31H40F3N5O4S. The number of nitrogens with one attached hydrogen (secondary N) is 1. The Bertz CT molecular complexity index is 1510. The first-order valence-electron chi connectivity index (χ1n) is 14.8. The van der Waals surface area contributed by atoms with E-state index in [1.165, 1.54) is 9.21 Å². The molecule has 13 heteroatoms. The maximum atomic E-state index is 13.3. The van der Waals surface area contributed by atoms with Crippen LogP contribution in [0.2, 0.25) is 0 Å². The topological polar surface area (TPSA) is 125 Å². The lowest BCUT2D eigenvalue weighted by Gasteiger charge is -2.34. The number of anilines is 1. The molecule has 3 N–H and O–H groups in total. The molecule has 1 saturated heterocycles. The number of primary amides is 1. The maximum absolute atomic E-state index is 13.3. The number of hydrogen-bond acceptors (Lipinski definition) is 5. The number of alkyl halides is 3. The van der Waals surface area contributed by atoms with E-state index in [1.54, 1.807) is 7.05 Å². The number of unbranched alkanes of at least 4 members (excludes halogenated alkanes) is 2. The van der Waals surface area contributed by atoms with Crippen LogP contribution in [0.5, 0.6) is 0 Å². The first-order valence-corrected chi connectivity index (χ1v) is 16.4. The third-order valence-electron chi connectivity index (χ3n) is 8.56. The van der Waals surface area contributed by atoms with E-state index in [4.69, 9.17) is 10.7 Å². The summed E-state index contributed by atoms with van der Waals surface area (Å²) in [7, 11) is -2.03. The Hall–Kier alpha value is -3.45. The maximum Gasteiger partial charge on any atom is 0.389 e. The molecular weight excluding hydrogens is 595 g/mol. The van der Waals surface area contributed by atoms with Gasteiger partial charge in [-0.25, -0.2) is 17.5 Å². The normalized spacial score (nSPS) is 17.0. The van der Waals surface area contributed by atoms with Gasteiger partial charge < -0.3 is 11.1 Å². The highest BCUT2D eigenvalue weighted by atomic mass is 32.2. The molecule has 0 unspecified atom stereocenters. The number of benzene rings is 2. The number of hydrogen-bond donors (Lipinski definition) is 2. The Morgan fingerprint density at radius 2 is 1.73 bits per heavy atom. The van der Waals surface area contributed by atoms with Crippen LogP contribution in [0.25, 0.3) is 0 Å². The molecule has 0 bridgehead atoms. The van der Waals surface area contributed by atoms with Crippen molar-refractivity contribution in [3.63, 3.8) is 0 Å². The van der Waals surface area contributed by atoms with Crippen LogP contribution < -0.4 is 16.0 Å². The van der Waals surface area contributed by atoms with E-state index in [0.29, 0.717) is 37.2 Å². The number of amides is 3. The predicted molar refractivity (Wildman–Crippen MR) is 164 cm³/mol. The van der Waals surface area contributed by atoms with Gasteiger partial charge in [-0.15, -0.1) is 0 Å². The summed E-state index contributed by atoms with van der Waals surface area (Å²) < 4.78 is 65.1. The van der Waals surface area contributed by atoms with Crippen molar-refractivity contribution < 1.29 is 31.2 Å². The molecule has 0 atom stereocenters. The number of carbonyl (C=O) groups is 2. The highest BCUT2D eigenvalue weighted by molar-refractivity contribution is 7.89. The minimum Gasteiger partial charge on any atom is -0.351 e. The quantitative estimate of drug-likeness (QED) is 0.345. The van der Waals surface area contributed by atoms with E-state index >= 15 is 0 Å². The second-order valence-corrected chi connectivity index (χ2v) is 13.8. The summed E-state index contributed by atoms with van der Waals surface area (Å²) >= 11 is 0. The monoisotopic (exact) mass is 635 g/mol. The van der Waals surface area contributed by atoms with Gasteiger partial charge in [0.2, 0.25) is 10.0 Å². The number of halogens is 3. The lowest BCUT2D eigenvalue weighted by molar-refractivity contribution is -0.135. The Labute approximate surface area is 256 Å². The van der Waals surface area contributed by atoms with Crippen LogP contribution in [0.3, 0.4) is 0 Å². The molecule has 2 aromatic carbocycles. The lowest BCUT2D eigenvalue weighted by Crippen LogP contribution is -2.50. The number of carbonyl (C=O) groups excluding carboxylic acids is 2. The van der Waals surface area contributed by atoms with Gasteiger partial charge in [0.25, 0.3) is 5.91 Å². The van der Waals surface area contributed by atoms with Crippen molar-refractivity contribution in [1.82, 2.24) is 9.62 Å². The van der Waals surface area contributed by atoms with E-state index < -0.39 is 34.2 Å². The van der Waals surface area contributed by atoms with Gasteiger partial charge in [-0.2, -0.15) is 13.2 Å². The zero-order valence-corrected chi connectivity index (χ0v) is 26.2. The van der Waals surface area contributed by atoms with Crippen molar-refractivity contribution >= 4 is 33.5 Å². The van der Waals surface area contributed by atoms with Gasteiger partial charge in [0.15, 0.2) is 0 Å². The molecule has 3 amide bonds. The number of aliphatic imine (C=N–C) groups is 1. The third kappa shape index (κ3) is 7.98. The van der Waals surface area contributed by atoms with E-state index in [9.17, 15) is 31.2 Å². The number of urea groups is 1. The van der Waals surface area contributed by atoms with Crippen LogP contribution in [0.1, 0.15) is 66.3 Å². The van der Waals surface area contributed by atoms with Gasteiger partial charge in [0.1, 0.15) is 11.4 Å². The molecule has 240 valence electrons. The van der Waals surface area contributed by atoms with Crippen LogP contribution in [0, 0.1) is 13.8 Å². The number of nitrogens with zero attached hydrogens (tertiary/aromatic N) is 3. The number of sulfonamides is 1. The SMILES string of the molecule is Cc1cc(N(C)C(N)=O)cc(C)c1CCS(=O)(=O)N1CCC2(CC1)N=C(c1cccc(CCCCCC(F)(F)F)c1)NC2=O. The largest absolute Gasteiger partial charge is 0.389 e. The summed E-state index contributed by atoms with van der Waals surface area (Å²) in [5, 5.41) is 2.87. The molecule has 2 aliphatic heterocycles. The summed E-state index contributed by atoms with van der Waals surface area (Å²) in [5.74, 6) is 0.0899. The minimum absolute atomic E-state index is 0.0869. The zero-order chi connectivity index (χ0) is 32.3. The van der Waals surface area contributed by atoms with E-state index in [0.717, 1.165) is 27.8 Å². The van der Waals surface area contributed by atoms with Crippen molar-refractivity contribution in [2.75, 3.05) is 30.8 Å². The molecule has 1 fully saturated rings. The molecule has 2 aromatic rings. The number of aryl methyl sites for hydroxylation is 3. The Kier molecular flexibility index (Phi) is 10.1. The molecule has 4 rings (SSSR count). The van der Waals surface area contributed by atoms with Crippen LogP contribution in [0.15, 0.2) is 41.4 Å². The lowest BCUT2D eigenvalue weighted by atomic mass is 9.89. The standard InChI is InChI=1S/C31H40F3N5O4S/c1-21-18-25(38(3)29(35)41)19-22(2)26(21)11-17-44(42,43)39-15-13-30(14-16-39)28(40)36-27(37-30)24-10-7-9-23(20-24)8-5-4-6-12-31(32,33)34/h7,9-10,18-20H,4-6,8,11-17H2,1-3H3,(H2,35,41)(H,36,37,40). The van der Waals surface area contributed by atoms with E-state index in [-0.39, 0.29) is 44.0 Å². The molecule has 1 spiro atoms. The molecule has 2 aliphatic rings. The Morgan fingerprint density at radius 1 is 1.07 bits per heavy atom. The first kappa shape index (κ1) is 33.4. The average Bonchev–Trinajstić information content (AvgIpc) is 3.26.